The van der Waals surface area contributed by atoms with E-state index in [0.717, 1.165) is 6.07 Å². The maximum Gasteiger partial charge on any atom is 0.423 e. The van der Waals surface area contributed by atoms with E-state index >= 15 is 0 Å². The van der Waals surface area contributed by atoms with Gasteiger partial charge in [-0.15, -0.1) is 0 Å². The smallest absolute Gasteiger partial charge is 0.387 e. The van der Waals surface area contributed by atoms with E-state index in [1.165, 1.54) is 0 Å². The minimum absolute atomic E-state index is 0.285. The molecule has 9 heteroatoms. The van der Waals surface area contributed by atoms with Crippen LogP contribution in [0.4, 0.5) is 24.5 Å². The third-order valence-electron chi connectivity index (χ3n) is 1.93. The molecule has 98 valence electrons. The van der Waals surface area contributed by atoms with Crippen LogP contribution in [-0.4, -0.2) is 22.5 Å². The minimum atomic E-state index is -4.91. The number of rotatable bonds is 3. The predicted molar refractivity (Wildman–Crippen MR) is 53.8 cm³/mol. The molecule has 0 spiro atoms. The molecule has 0 aliphatic rings. The maximum atomic E-state index is 12.5. The van der Waals surface area contributed by atoms with E-state index in [-0.39, 0.29) is 5.69 Å². The van der Waals surface area contributed by atoms with E-state index in [1.807, 2.05) is 5.32 Å². The van der Waals surface area contributed by atoms with Crippen LogP contribution in [0.25, 0.3) is 0 Å². The number of amides is 1. The summed E-state index contributed by atoms with van der Waals surface area (Å²) in [5.74, 6) is -0.919. The van der Waals surface area contributed by atoms with Gasteiger partial charge in [0.15, 0.2) is 0 Å². The van der Waals surface area contributed by atoms with Gasteiger partial charge in [-0.2, -0.15) is 13.2 Å². The number of alkyl halides is 3. The Morgan fingerprint density at radius 1 is 1.44 bits per heavy atom. The van der Waals surface area contributed by atoms with Crippen molar-refractivity contribution in [3.05, 3.63) is 33.9 Å². The van der Waals surface area contributed by atoms with Crippen LogP contribution in [-0.2, 0) is 11.0 Å². The molecule has 0 aliphatic carbocycles. The molecule has 1 rings (SSSR count). The predicted octanol–water partition coefficient (Wildman–Crippen LogP) is 1.54. The first-order valence-electron chi connectivity index (χ1n) is 4.52. The summed E-state index contributed by atoms with van der Waals surface area (Å²) in [5, 5.41) is 20.8. The van der Waals surface area contributed by atoms with Crippen LogP contribution in [0.5, 0.6) is 0 Å². The highest BCUT2D eigenvalue weighted by molar-refractivity contribution is 5.91. The molecular weight excluding hydrogens is 257 g/mol. The van der Waals surface area contributed by atoms with Crippen molar-refractivity contribution >= 4 is 17.3 Å². The zero-order valence-corrected chi connectivity index (χ0v) is 8.69. The highest BCUT2D eigenvalue weighted by Gasteiger charge is 2.38. The van der Waals surface area contributed by atoms with E-state index < -0.39 is 34.9 Å². The van der Waals surface area contributed by atoms with Gasteiger partial charge in [-0.25, -0.2) is 0 Å². The summed E-state index contributed by atoms with van der Waals surface area (Å²) in [4.78, 5) is 20.1. The van der Waals surface area contributed by atoms with Crippen molar-refractivity contribution < 1.29 is 28.0 Å². The SMILES string of the molecule is O=C(CO)Nc1ccc([N+](=O)[O-])c(C(F)(F)F)c1. The zero-order chi connectivity index (χ0) is 13.9. The Morgan fingerprint density at radius 3 is 2.50 bits per heavy atom. The summed E-state index contributed by atoms with van der Waals surface area (Å²) in [6.45, 7) is -0.904. The first kappa shape index (κ1) is 13.9. The normalized spacial score (nSPS) is 11.1. The minimum Gasteiger partial charge on any atom is -0.387 e. The molecule has 0 heterocycles. The van der Waals surface area contributed by atoms with Crippen LogP contribution in [0.15, 0.2) is 18.2 Å². The van der Waals surface area contributed by atoms with E-state index in [9.17, 15) is 28.1 Å². The standard InChI is InChI=1S/C9H7F3N2O4/c10-9(11,12)6-3-5(13-8(16)4-15)1-2-7(6)14(17)18/h1-3,15H,4H2,(H,13,16). The van der Waals surface area contributed by atoms with Crippen molar-refractivity contribution in [3.8, 4) is 0 Å². The van der Waals surface area contributed by atoms with E-state index in [0.29, 0.717) is 12.1 Å². The Morgan fingerprint density at radius 2 is 2.06 bits per heavy atom. The van der Waals surface area contributed by atoms with Gasteiger partial charge in [0.2, 0.25) is 5.91 Å². The Kier molecular flexibility index (Phi) is 3.86. The number of carbonyl (C=O) groups is 1. The van der Waals surface area contributed by atoms with E-state index in [1.54, 1.807) is 0 Å². The molecule has 1 amide bonds. The van der Waals surface area contributed by atoms with Gasteiger partial charge in [0, 0.05) is 11.8 Å². The third kappa shape index (κ3) is 3.17. The van der Waals surface area contributed by atoms with Crippen molar-refractivity contribution in [3.63, 3.8) is 0 Å². The molecule has 0 saturated carbocycles. The summed E-state index contributed by atoms with van der Waals surface area (Å²) in [6.07, 6.45) is -4.91. The van der Waals surface area contributed by atoms with Gasteiger partial charge in [0.1, 0.15) is 12.2 Å². The largest absolute Gasteiger partial charge is 0.423 e. The Labute approximate surface area is 98.2 Å². The number of nitro groups is 1. The number of hydrogen-bond acceptors (Lipinski definition) is 4. The third-order valence-corrected chi connectivity index (χ3v) is 1.93. The first-order chi connectivity index (χ1) is 8.25. The van der Waals surface area contributed by atoms with Crippen molar-refractivity contribution in [2.75, 3.05) is 11.9 Å². The molecule has 0 unspecified atom stereocenters. The van der Waals surface area contributed by atoms with Gasteiger partial charge < -0.3 is 10.4 Å². The lowest BCUT2D eigenvalue weighted by Gasteiger charge is -2.10. The van der Waals surface area contributed by atoms with E-state index in [2.05, 4.69) is 0 Å². The molecule has 0 saturated heterocycles. The number of carbonyl (C=O) groups excluding carboxylic acids is 1. The van der Waals surface area contributed by atoms with Gasteiger partial charge >= 0.3 is 6.18 Å². The average Bonchev–Trinajstić information content (AvgIpc) is 2.27. The molecule has 18 heavy (non-hydrogen) atoms. The van der Waals surface area contributed by atoms with Gasteiger partial charge in [-0.1, -0.05) is 0 Å². The van der Waals surface area contributed by atoms with Gasteiger partial charge in [0.25, 0.3) is 5.69 Å². The van der Waals surface area contributed by atoms with Gasteiger partial charge in [0.05, 0.1) is 4.92 Å². The number of anilines is 1. The number of hydrogen-bond donors (Lipinski definition) is 2. The van der Waals surface area contributed by atoms with Crippen molar-refractivity contribution in [2.45, 2.75) is 6.18 Å². The second kappa shape index (κ2) is 5.00. The molecule has 0 aromatic heterocycles. The average molecular weight is 264 g/mol. The lowest BCUT2D eigenvalue weighted by Crippen LogP contribution is -2.16. The fourth-order valence-electron chi connectivity index (χ4n) is 1.20. The fraction of sp³-hybridized carbons (Fsp3) is 0.222. The highest BCUT2D eigenvalue weighted by Crippen LogP contribution is 2.37. The Bertz CT molecular complexity index is 487. The van der Waals surface area contributed by atoms with Crippen LogP contribution < -0.4 is 5.32 Å². The Balaban J connectivity index is 3.22. The number of halogens is 3. The summed E-state index contributed by atoms with van der Waals surface area (Å²) >= 11 is 0. The topological polar surface area (TPSA) is 92.5 Å². The number of benzene rings is 1. The van der Waals surface area contributed by atoms with Crippen molar-refractivity contribution in [2.24, 2.45) is 0 Å². The number of aliphatic hydroxyl groups is 1. The summed E-state index contributed by atoms with van der Waals surface area (Å²) in [6, 6.07) is 2.02. The molecule has 1 aromatic carbocycles. The van der Waals surface area contributed by atoms with Gasteiger partial charge in [-0.3, -0.25) is 14.9 Å². The van der Waals surface area contributed by atoms with E-state index in [4.69, 9.17) is 5.11 Å². The molecule has 6 nitrogen and oxygen atoms in total. The zero-order valence-electron chi connectivity index (χ0n) is 8.69. The number of nitrogens with zero attached hydrogens (tertiary/aromatic N) is 1. The van der Waals surface area contributed by atoms with Crippen molar-refractivity contribution in [1.29, 1.82) is 0 Å². The molecular formula is C9H7F3N2O4. The highest BCUT2D eigenvalue weighted by atomic mass is 19.4. The van der Waals surface area contributed by atoms with Crippen LogP contribution >= 0.6 is 0 Å². The Hall–Kier alpha value is -2.16. The van der Waals surface area contributed by atoms with Gasteiger partial charge in [-0.05, 0) is 12.1 Å². The number of aliphatic hydroxyl groups excluding tert-OH is 1. The molecule has 0 aliphatic heterocycles. The van der Waals surface area contributed by atoms with Crippen LogP contribution in [0.1, 0.15) is 5.56 Å². The number of nitro benzene ring substituents is 1. The molecule has 0 atom stereocenters. The van der Waals surface area contributed by atoms with Crippen LogP contribution in [0, 0.1) is 10.1 Å². The van der Waals surface area contributed by atoms with Crippen molar-refractivity contribution in [1.82, 2.24) is 0 Å². The van der Waals surface area contributed by atoms with Crippen LogP contribution in [0.2, 0.25) is 0 Å². The molecule has 0 fully saturated rings. The second-order valence-corrected chi connectivity index (χ2v) is 3.19. The lowest BCUT2D eigenvalue weighted by molar-refractivity contribution is -0.388. The second-order valence-electron chi connectivity index (χ2n) is 3.19. The summed E-state index contributed by atoms with van der Waals surface area (Å²) in [5.41, 5.74) is -2.86. The molecule has 2 N–H and O–H groups in total. The number of nitrogens with one attached hydrogen (secondary N) is 1. The first-order valence-corrected chi connectivity index (χ1v) is 4.52. The quantitative estimate of drug-likeness (QED) is 0.639. The summed E-state index contributed by atoms with van der Waals surface area (Å²) in [7, 11) is 0. The fourth-order valence-corrected chi connectivity index (χ4v) is 1.20. The summed E-state index contributed by atoms with van der Waals surface area (Å²) < 4.78 is 37.6. The monoisotopic (exact) mass is 264 g/mol. The molecule has 0 radical (unpaired) electrons. The van der Waals surface area contributed by atoms with Crippen LogP contribution in [0.3, 0.4) is 0 Å². The lowest BCUT2D eigenvalue weighted by atomic mass is 10.1. The molecule has 0 bridgehead atoms. The maximum absolute atomic E-state index is 12.5. The molecule has 1 aromatic rings.